The summed E-state index contributed by atoms with van der Waals surface area (Å²) in [4.78, 5) is 33.2. The second kappa shape index (κ2) is 6.48. The summed E-state index contributed by atoms with van der Waals surface area (Å²) in [5.74, 6) is -3.04. The third-order valence-corrected chi connectivity index (χ3v) is 2.76. The summed E-state index contributed by atoms with van der Waals surface area (Å²) in [7, 11) is 0. The largest absolute Gasteiger partial charge is 0.504 e. The predicted molar refractivity (Wildman–Crippen MR) is 78.9 cm³/mol. The molecule has 0 aromatic heterocycles. The first-order valence-corrected chi connectivity index (χ1v) is 6.23. The highest BCUT2D eigenvalue weighted by atomic mass is 16.4. The second-order valence-corrected chi connectivity index (χ2v) is 4.42. The summed E-state index contributed by atoms with van der Waals surface area (Å²) >= 11 is 0. The van der Waals surface area contributed by atoms with Gasteiger partial charge in [-0.05, 0) is 42.5 Å². The van der Waals surface area contributed by atoms with E-state index < -0.39 is 23.1 Å². The summed E-state index contributed by atoms with van der Waals surface area (Å²) in [5.41, 5.74) is -0.818. The summed E-state index contributed by atoms with van der Waals surface area (Å²) in [6.45, 7) is 0. The average molecular weight is 314 g/mol. The lowest BCUT2D eigenvalue weighted by atomic mass is 10.1. The Morgan fingerprint density at radius 3 is 1.87 bits per heavy atom. The highest BCUT2D eigenvalue weighted by Crippen LogP contribution is 2.21. The molecular formula is C15H10N2O6. The van der Waals surface area contributed by atoms with Crippen molar-refractivity contribution in [3.63, 3.8) is 0 Å². The number of azo groups is 1. The molecule has 0 bridgehead atoms. The summed E-state index contributed by atoms with van der Waals surface area (Å²) < 4.78 is 0. The Bertz CT molecular complexity index is 844. The van der Waals surface area contributed by atoms with Crippen LogP contribution in [0.15, 0.2) is 57.5 Å². The molecule has 8 heteroatoms. The van der Waals surface area contributed by atoms with Crippen LogP contribution in [-0.2, 0) is 0 Å². The molecule has 23 heavy (non-hydrogen) atoms. The Morgan fingerprint density at radius 2 is 1.30 bits per heavy atom. The minimum Gasteiger partial charge on any atom is -0.504 e. The van der Waals surface area contributed by atoms with Crippen molar-refractivity contribution in [3.05, 3.63) is 63.8 Å². The minimum absolute atomic E-state index is 0.0281. The highest BCUT2D eigenvalue weighted by Gasteiger charge is 2.11. The first-order valence-electron chi connectivity index (χ1n) is 6.23. The number of rotatable bonds is 4. The van der Waals surface area contributed by atoms with Crippen LogP contribution in [0.3, 0.4) is 0 Å². The topological polar surface area (TPSA) is 137 Å². The fraction of sp³-hybridized carbons (Fsp3) is 0. The molecule has 0 saturated carbocycles. The van der Waals surface area contributed by atoms with Crippen molar-refractivity contribution < 1.29 is 24.9 Å². The molecule has 8 nitrogen and oxygen atoms in total. The molecule has 2 rings (SSSR count). The van der Waals surface area contributed by atoms with Gasteiger partial charge in [-0.3, -0.25) is 4.79 Å². The van der Waals surface area contributed by atoms with Gasteiger partial charge in [0.25, 0.3) is 0 Å². The summed E-state index contributed by atoms with van der Waals surface area (Å²) in [6.07, 6.45) is 0. The Kier molecular flexibility index (Phi) is 4.46. The molecule has 0 radical (unpaired) electrons. The SMILES string of the molecule is O=C(O)c1cc(N=Nc2ccc(O)c(=O)cc2)cc(C(=O)O)c1. The molecule has 0 heterocycles. The zero-order chi connectivity index (χ0) is 17.0. The third-order valence-electron chi connectivity index (χ3n) is 2.76. The lowest BCUT2D eigenvalue weighted by Crippen LogP contribution is -2.01. The molecule has 0 unspecified atom stereocenters. The van der Waals surface area contributed by atoms with Gasteiger partial charge in [0.05, 0.1) is 22.5 Å². The maximum atomic E-state index is 11.2. The van der Waals surface area contributed by atoms with E-state index in [-0.39, 0.29) is 22.5 Å². The van der Waals surface area contributed by atoms with Gasteiger partial charge < -0.3 is 15.3 Å². The number of aromatic carboxylic acids is 2. The van der Waals surface area contributed by atoms with E-state index in [9.17, 15) is 19.5 Å². The van der Waals surface area contributed by atoms with Gasteiger partial charge in [-0.2, -0.15) is 10.2 Å². The van der Waals surface area contributed by atoms with Crippen molar-refractivity contribution in [1.29, 1.82) is 0 Å². The van der Waals surface area contributed by atoms with E-state index in [0.29, 0.717) is 0 Å². The standard InChI is InChI=1S/C15H10N2O6/c18-12-3-1-10(2-4-13(12)19)16-17-11-6-8(14(20)21)5-9(7-11)15(22)23/h1-7H,(H,18,19)(H,20,21)(H,22,23). The smallest absolute Gasteiger partial charge is 0.335 e. The molecule has 0 spiro atoms. The quantitative estimate of drug-likeness (QED) is 0.742. The molecule has 0 aliphatic rings. The van der Waals surface area contributed by atoms with E-state index in [0.717, 1.165) is 30.3 Å². The fourth-order valence-electron chi connectivity index (χ4n) is 1.65. The molecule has 0 aliphatic carbocycles. The van der Waals surface area contributed by atoms with Crippen LogP contribution < -0.4 is 5.43 Å². The maximum absolute atomic E-state index is 11.2. The van der Waals surface area contributed by atoms with Crippen molar-refractivity contribution in [2.45, 2.75) is 0 Å². The van der Waals surface area contributed by atoms with Crippen molar-refractivity contribution >= 4 is 23.3 Å². The van der Waals surface area contributed by atoms with Crippen LogP contribution >= 0.6 is 0 Å². The van der Waals surface area contributed by atoms with Gasteiger partial charge >= 0.3 is 11.9 Å². The van der Waals surface area contributed by atoms with E-state index in [1.54, 1.807) is 0 Å². The van der Waals surface area contributed by atoms with E-state index in [4.69, 9.17) is 10.2 Å². The fourth-order valence-corrected chi connectivity index (χ4v) is 1.65. The van der Waals surface area contributed by atoms with Crippen LogP contribution in [-0.4, -0.2) is 27.3 Å². The van der Waals surface area contributed by atoms with Gasteiger partial charge in [-0.1, -0.05) is 0 Å². The van der Waals surface area contributed by atoms with Gasteiger partial charge in [0.1, 0.15) is 0 Å². The lowest BCUT2D eigenvalue weighted by molar-refractivity contribution is 0.0696. The van der Waals surface area contributed by atoms with Crippen molar-refractivity contribution in [2.24, 2.45) is 10.2 Å². The number of carboxylic acids is 2. The molecule has 2 aromatic rings. The molecule has 3 N–H and O–H groups in total. The monoisotopic (exact) mass is 314 g/mol. The van der Waals surface area contributed by atoms with E-state index in [2.05, 4.69) is 10.2 Å². The van der Waals surface area contributed by atoms with E-state index >= 15 is 0 Å². The number of hydrogen-bond donors (Lipinski definition) is 3. The first-order chi connectivity index (χ1) is 10.9. The number of carboxylic acid groups (broad SMARTS) is 2. The van der Waals surface area contributed by atoms with Gasteiger partial charge in [0.15, 0.2) is 5.75 Å². The van der Waals surface area contributed by atoms with Crippen LogP contribution in [0.25, 0.3) is 0 Å². The van der Waals surface area contributed by atoms with Crippen LogP contribution in [0, 0.1) is 0 Å². The predicted octanol–water partition coefficient (Wildman–Crippen LogP) is 2.56. The third kappa shape index (κ3) is 3.97. The Morgan fingerprint density at radius 1 is 0.783 bits per heavy atom. The molecule has 0 aliphatic heterocycles. The normalized spacial score (nSPS) is 10.6. The van der Waals surface area contributed by atoms with Crippen LogP contribution in [0.2, 0.25) is 0 Å². The van der Waals surface area contributed by atoms with Gasteiger partial charge in [0.2, 0.25) is 5.43 Å². The molecule has 0 fully saturated rings. The zero-order valence-corrected chi connectivity index (χ0v) is 11.5. The van der Waals surface area contributed by atoms with E-state index in [1.807, 2.05) is 0 Å². The van der Waals surface area contributed by atoms with Gasteiger partial charge in [-0.15, -0.1) is 0 Å². The Labute approximate surface area is 129 Å². The zero-order valence-electron chi connectivity index (χ0n) is 11.5. The van der Waals surface area contributed by atoms with Crippen LogP contribution in [0.1, 0.15) is 20.7 Å². The molecule has 116 valence electrons. The number of aromatic hydroxyl groups is 1. The first kappa shape index (κ1) is 15.8. The molecule has 0 saturated heterocycles. The second-order valence-electron chi connectivity index (χ2n) is 4.42. The van der Waals surface area contributed by atoms with E-state index in [1.165, 1.54) is 12.1 Å². The number of carbonyl (C=O) groups is 2. The highest BCUT2D eigenvalue weighted by molar-refractivity contribution is 5.95. The van der Waals surface area contributed by atoms with Crippen molar-refractivity contribution in [2.75, 3.05) is 0 Å². The van der Waals surface area contributed by atoms with Gasteiger partial charge in [0, 0.05) is 0 Å². The van der Waals surface area contributed by atoms with Crippen molar-refractivity contribution in [1.82, 2.24) is 0 Å². The average Bonchev–Trinajstić information content (AvgIpc) is 2.67. The lowest BCUT2D eigenvalue weighted by Gasteiger charge is -2.00. The molecule has 0 amide bonds. The van der Waals surface area contributed by atoms with Crippen molar-refractivity contribution in [3.8, 4) is 5.75 Å². The Balaban J connectivity index is 2.43. The van der Waals surface area contributed by atoms with Crippen LogP contribution in [0.4, 0.5) is 11.4 Å². The minimum atomic E-state index is -1.29. The summed E-state index contributed by atoms with van der Waals surface area (Å²) in [6, 6.07) is 8.22. The number of nitrogens with zero attached hydrogens (tertiary/aromatic N) is 2. The van der Waals surface area contributed by atoms with Crippen LogP contribution in [0.5, 0.6) is 5.75 Å². The maximum Gasteiger partial charge on any atom is 0.335 e. The molecule has 0 atom stereocenters. The summed E-state index contributed by atoms with van der Waals surface area (Å²) in [5, 5.41) is 34.8. The number of benzene rings is 1. The van der Waals surface area contributed by atoms with Gasteiger partial charge in [-0.25, -0.2) is 9.59 Å². The number of hydrogen-bond acceptors (Lipinski definition) is 6. The molecular weight excluding hydrogens is 304 g/mol. The molecule has 2 aromatic carbocycles. The Hall–Kier alpha value is -3.55.